The number of carbonyl (C=O) groups is 3. The highest BCUT2D eigenvalue weighted by atomic mass is 19.4. The average molecular weight is 695 g/mol. The third kappa shape index (κ3) is 7.33. The molecule has 4 amide bonds. The number of carbonyl (C=O) groups excluding carboxylic acids is 3. The summed E-state index contributed by atoms with van der Waals surface area (Å²) in [4.78, 5) is 50.7. The Kier molecular flexibility index (Phi) is 9.62. The van der Waals surface area contributed by atoms with Gasteiger partial charge in [-0.1, -0.05) is 13.0 Å². The van der Waals surface area contributed by atoms with Crippen LogP contribution in [-0.2, 0) is 26.2 Å². The molecule has 0 aliphatic carbocycles. The SMILES string of the molecule is CCc1cc(NC(=O)c2ncc(-c3cn(Cc4cccnc4)nc3C(F)(F)F)n2C)ccc1C(=O)N1CCN(C(=O)NCC2(O)CNC2)CC1. The highest BCUT2D eigenvalue weighted by Crippen LogP contribution is 2.36. The lowest BCUT2D eigenvalue weighted by Gasteiger charge is -2.39. The van der Waals surface area contributed by atoms with E-state index in [-0.39, 0.29) is 42.1 Å². The van der Waals surface area contributed by atoms with E-state index in [2.05, 4.69) is 31.0 Å². The van der Waals surface area contributed by atoms with Gasteiger partial charge in [0.1, 0.15) is 5.60 Å². The van der Waals surface area contributed by atoms with Crippen LogP contribution in [-0.4, -0.2) is 108 Å². The third-order valence-corrected chi connectivity index (χ3v) is 8.87. The lowest BCUT2D eigenvalue weighted by molar-refractivity contribution is -0.141. The van der Waals surface area contributed by atoms with Gasteiger partial charge in [-0.05, 0) is 41.8 Å². The number of anilines is 1. The molecule has 14 nitrogen and oxygen atoms in total. The highest BCUT2D eigenvalue weighted by Gasteiger charge is 2.39. The van der Waals surface area contributed by atoms with E-state index in [0.717, 1.165) is 0 Å². The van der Waals surface area contributed by atoms with Crippen LogP contribution in [0, 0.1) is 0 Å². The molecule has 1 aromatic carbocycles. The van der Waals surface area contributed by atoms with E-state index >= 15 is 0 Å². The van der Waals surface area contributed by atoms with E-state index in [1.165, 1.54) is 28.7 Å². The number of nitrogens with zero attached hydrogens (tertiary/aromatic N) is 7. The van der Waals surface area contributed by atoms with Crippen molar-refractivity contribution in [1.29, 1.82) is 0 Å². The Morgan fingerprint density at radius 1 is 1.06 bits per heavy atom. The lowest BCUT2D eigenvalue weighted by Crippen LogP contribution is -2.65. The smallest absolute Gasteiger partial charge is 0.385 e. The van der Waals surface area contributed by atoms with Gasteiger partial charge in [-0.15, -0.1) is 0 Å². The second kappa shape index (κ2) is 13.9. The van der Waals surface area contributed by atoms with Crippen LogP contribution in [0.2, 0.25) is 0 Å². The maximum Gasteiger partial charge on any atom is 0.435 e. The van der Waals surface area contributed by atoms with Crippen molar-refractivity contribution in [1.82, 2.24) is 44.7 Å². The first kappa shape index (κ1) is 34.6. The molecule has 4 N–H and O–H groups in total. The molecule has 0 unspecified atom stereocenters. The first-order chi connectivity index (χ1) is 23.8. The number of nitrogens with one attached hydrogen (secondary N) is 3. The van der Waals surface area contributed by atoms with Crippen LogP contribution in [0.25, 0.3) is 11.3 Å². The van der Waals surface area contributed by atoms with Gasteiger partial charge in [0.05, 0.1) is 30.5 Å². The maximum atomic E-state index is 14.0. The number of urea groups is 1. The number of aliphatic hydroxyl groups is 1. The Morgan fingerprint density at radius 2 is 1.80 bits per heavy atom. The summed E-state index contributed by atoms with van der Waals surface area (Å²) < 4.78 is 44.5. The number of piperazine rings is 1. The van der Waals surface area contributed by atoms with Crippen LogP contribution in [0.4, 0.5) is 23.7 Å². The zero-order valence-corrected chi connectivity index (χ0v) is 27.5. The Morgan fingerprint density at radius 3 is 2.44 bits per heavy atom. The number of aromatic nitrogens is 5. The van der Waals surface area contributed by atoms with Crippen LogP contribution in [0.15, 0.2) is 55.1 Å². The molecule has 2 aliphatic heterocycles. The number of aryl methyl sites for hydroxylation is 1. The molecule has 0 saturated carbocycles. The van der Waals surface area contributed by atoms with Gasteiger partial charge in [-0.25, -0.2) is 9.78 Å². The van der Waals surface area contributed by atoms with Crippen molar-refractivity contribution in [3.8, 4) is 11.3 Å². The molecular formula is C33H37F3N10O4. The fraction of sp³-hybridized carbons (Fsp3) is 0.394. The van der Waals surface area contributed by atoms with Gasteiger partial charge in [0.15, 0.2) is 11.5 Å². The third-order valence-electron chi connectivity index (χ3n) is 8.87. The minimum absolute atomic E-state index is 0.0562. The van der Waals surface area contributed by atoms with Gasteiger partial charge < -0.3 is 35.4 Å². The first-order valence-corrected chi connectivity index (χ1v) is 16.1. The Labute approximate surface area is 285 Å². The van der Waals surface area contributed by atoms with Gasteiger partial charge in [0.25, 0.3) is 11.8 Å². The minimum Gasteiger partial charge on any atom is -0.385 e. The van der Waals surface area contributed by atoms with Crippen LogP contribution >= 0.6 is 0 Å². The van der Waals surface area contributed by atoms with Crippen LogP contribution in [0.1, 0.15) is 44.7 Å². The maximum absolute atomic E-state index is 14.0. The van der Waals surface area contributed by atoms with Gasteiger partial charge in [0, 0.05) is 76.2 Å². The molecule has 0 atom stereocenters. The second-order valence-electron chi connectivity index (χ2n) is 12.4. The number of pyridine rings is 1. The number of benzene rings is 1. The highest BCUT2D eigenvalue weighted by molar-refractivity contribution is 6.03. The van der Waals surface area contributed by atoms with E-state index in [4.69, 9.17) is 0 Å². The molecule has 2 aliphatic rings. The molecule has 17 heteroatoms. The van der Waals surface area contributed by atoms with Crippen molar-refractivity contribution in [2.45, 2.75) is 31.7 Å². The standard InChI is InChI=1S/C33H37F3N10O4/c1-3-22-13-23(6-7-24(22)30(48)44-9-11-45(12-10-44)31(49)40-20-32(50)18-38-19-32)41-29(47)28-39-15-26(43(28)2)25-17-46(42-27(25)33(34,35)36)16-21-5-4-8-37-14-21/h4-8,13-15,17,38,50H,3,9-12,16,18-20H2,1-2H3,(H,40,49)(H,41,47). The minimum atomic E-state index is -4.75. The van der Waals surface area contributed by atoms with Crippen LogP contribution in [0.3, 0.4) is 0 Å². The summed E-state index contributed by atoms with van der Waals surface area (Å²) in [5, 5.41) is 22.4. The summed E-state index contributed by atoms with van der Waals surface area (Å²) in [6.07, 6.45) is 1.31. The normalized spacial score (nSPS) is 15.8. The number of amides is 4. The number of halogens is 3. The van der Waals surface area contributed by atoms with Crippen molar-refractivity contribution in [3.05, 3.63) is 83.3 Å². The monoisotopic (exact) mass is 694 g/mol. The summed E-state index contributed by atoms with van der Waals surface area (Å²) in [5.41, 5.74) is 0.00746. The van der Waals surface area contributed by atoms with Gasteiger partial charge in [0.2, 0.25) is 0 Å². The fourth-order valence-electron chi connectivity index (χ4n) is 5.98. The van der Waals surface area contributed by atoms with Crippen molar-refractivity contribution in [2.24, 2.45) is 7.05 Å². The fourth-order valence-corrected chi connectivity index (χ4v) is 5.98. The van der Waals surface area contributed by atoms with E-state index in [1.807, 2.05) is 6.92 Å². The van der Waals surface area contributed by atoms with Crippen molar-refractivity contribution in [3.63, 3.8) is 0 Å². The number of hydrogen-bond acceptors (Lipinski definition) is 8. The first-order valence-electron chi connectivity index (χ1n) is 16.1. The summed E-state index contributed by atoms with van der Waals surface area (Å²) in [7, 11) is 1.45. The molecule has 5 heterocycles. The molecule has 2 saturated heterocycles. The predicted molar refractivity (Wildman–Crippen MR) is 175 cm³/mol. The molecule has 264 valence electrons. The van der Waals surface area contributed by atoms with E-state index < -0.39 is 23.4 Å². The Hall–Kier alpha value is -5.29. The Balaban J connectivity index is 1.11. The molecule has 2 fully saturated rings. The Bertz CT molecular complexity index is 1880. The zero-order chi connectivity index (χ0) is 35.6. The molecule has 0 bridgehead atoms. The predicted octanol–water partition coefficient (Wildman–Crippen LogP) is 2.36. The number of hydrogen-bond donors (Lipinski definition) is 4. The number of imidazole rings is 1. The largest absolute Gasteiger partial charge is 0.435 e. The molecule has 0 spiro atoms. The average Bonchev–Trinajstić information content (AvgIpc) is 3.69. The van der Waals surface area contributed by atoms with E-state index in [9.17, 15) is 32.7 Å². The molecule has 6 rings (SSSR count). The summed E-state index contributed by atoms with van der Waals surface area (Å²) in [6.45, 7) is 4.29. The van der Waals surface area contributed by atoms with Crippen molar-refractivity contribution in [2.75, 3.05) is 51.1 Å². The van der Waals surface area contributed by atoms with Gasteiger partial charge in [-0.3, -0.25) is 19.3 Å². The van der Waals surface area contributed by atoms with Gasteiger partial charge >= 0.3 is 12.2 Å². The summed E-state index contributed by atoms with van der Waals surface area (Å²) >= 11 is 0. The van der Waals surface area contributed by atoms with Crippen molar-refractivity contribution >= 4 is 23.5 Å². The quantitative estimate of drug-likeness (QED) is 0.208. The topological polar surface area (TPSA) is 163 Å². The van der Waals surface area contributed by atoms with Crippen LogP contribution < -0.4 is 16.0 Å². The lowest BCUT2D eigenvalue weighted by atomic mass is 9.97. The molecule has 50 heavy (non-hydrogen) atoms. The van der Waals surface area contributed by atoms with E-state index in [0.29, 0.717) is 68.1 Å². The zero-order valence-electron chi connectivity index (χ0n) is 27.5. The number of β-amino-alcohol motifs (C(OH)–C–C–N with tert-alkyl or cyclic N) is 1. The van der Waals surface area contributed by atoms with Crippen molar-refractivity contribution < 1.29 is 32.7 Å². The summed E-state index contributed by atoms with van der Waals surface area (Å²) in [5.74, 6) is -0.967. The second-order valence-corrected chi connectivity index (χ2v) is 12.4. The van der Waals surface area contributed by atoms with Gasteiger partial charge in [-0.2, -0.15) is 18.3 Å². The molecular weight excluding hydrogens is 657 g/mol. The van der Waals surface area contributed by atoms with Crippen LogP contribution in [0.5, 0.6) is 0 Å². The molecule has 4 aromatic rings. The summed E-state index contributed by atoms with van der Waals surface area (Å²) in [6, 6.07) is 8.01. The van der Waals surface area contributed by atoms with E-state index in [1.54, 1.807) is 52.5 Å². The number of alkyl halides is 3. The molecule has 3 aromatic heterocycles. The number of rotatable bonds is 9. The molecule has 0 radical (unpaired) electrons.